The Bertz CT molecular complexity index is 437. The number of sulfonamides is 1. The zero-order chi connectivity index (χ0) is 12.3. The van der Waals surface area contributed by atoms with Gasteiger partial charge in [-0.15, -0.1) is 0 Å². The van der Waals surface area contributed by atoms with Crippen LogP contribution >= 0.6 is 0 Å². The zero-order valence-electron chi connectivity index (χ0n) is 9.89. The van der Waals surface area contributed by atoms with Crippen LogP contribution in [0.4, 0.5) is 0 Å². The topological polar surface area (TPSA) is 78.1 Å². The second kappa shape index (κ2) is 5.16. The van der Waals surface area contributed by atoms with E-state index in [1.165, 1.54) is 12.4 Å². The van der Waals surface area contributed by atoms with Gasteiger partial charge in [-0.1, -0.05) is 6.92 Å². The molecule has 1 aliphatic heterocycles. The summed E-state index contributed by atoms with van der Waals surface area (Å²) in [5, 5.41) is 9.46. The minimum Gasteiger partial charge on any atom is -0.315 e. The Kier molecular flexibility index (Phi) is 3.80. The van der Waals surface area contributed by atoms with Crippen LogP contribution in [-0.2, 0) is 10.0 Å². The molecule has 0 bridgehead atoms. The van der Waals surface area contributed by atoms with Gasteiger partial charge in [-0.05, 0) is 19.4 Å². The van der Waals surface area contributed by atoms with Crippen LogP contribution in [0.3, 0.4) is 0 Å². The average molecular weight is 258 g/mol. The summed E-state index contributed by atoms with van der Waals surface area (Å²) in [4.78, 5) is 0.248. The van der Waals surface area contributed by atoms with E-state index in [0.717, 1.165) is 25.9 Å². The molecule has 1 aromatic rings. The molecule has 1 atom stereocenters. The SMILES string of the molecule is CCCN(C1CCNC1)S(=O)(=O)c1cn[nH]c1. The molecule has 1 aliphatic rings. The van der Waals surface area contributed by atoms with Gasteiger partial charge in [-0.2, -0.15) is 9.40 Å². The highest BCUT2D eigenvalue weighted by Crippen LogP contribution is 2.20. The summed E-state index contributed by atoms with van der Waals surface area (Å²) in [6.45, 7) is 4.16. The molecule has 0 aliphatic carbocycles. The summed E-state index contributed by atoms with van der Waals surface area (Å²) < 4.78 is 26.4. The van der Waals surface area contributed by atoms with Gasteiger partial charge in [-0.3, -0.25) is 5.10 Å². The molecule has 1 fully saturated rings. The maximum atomic E-state index is 12.4. The second-order valence-electron chi connectivity index (χ2n) is 4.20. The van der Waals surface area contributed by atoms with Crippen molar-refractivity contribution in [2.24, 2.45) is 0 Å². The van der Waals surface area contributed by atoms with E-state index in [1.807, 2.05) is 6.92 Å². The Hall–Kier alpha value is -0.920. The van der Waals surface area contributed by atoms with Crippen LogP contribution in [0.25, 0.3) is 0 Å². The Balaban J connectivity index is 2.26. The van der Waals surface area contributed by atoms with E-state index in [-0.39, 0.29) is 10.9 Å². The van der Waals surface area contributed by atoms with Crippen LogP contribution < -0.4 is 5.32 Å². The molecule has 2 N–H and O–H groups in total. The van der Waals surface area contributed by atoms with E-state index in [4.69, 9.17) is 0 Å². The van der Waals surface area contributed by atoms with Crippen molar-refractivity contribution in [3.05, 3.63) is 12.4 Å². The van der Waals surface area contributed by atoms with Crippen molar-refractivity contribution in [3.63, 3.8) is 0 Å². The number of hydrogen-bond acceptors (Lipinski definition) is 4. The van der Waals surface area contributed by atoms with Gasteiger partial charge < -0.3 is 5.32 Å². The van der Waals surface area contributed by atoms with E-state index < -0.39 is 10.0 Å². The first-order chi connectivity index (χ1) is 8.16. The van der Waals surface area contributed by atoms with Crippen molar-refractivity contribution in [1.29, 1.82) is 0 Å². The van der Waals surface area contributed by atoms with E-state index in [1.54, 1.807) is 4.31 Å². The van der Waals surface area contributed by atoms with Crippen LogP contribution in [0.5, 0.6) is 0 Å². The number of hydrogen-bond donors (Lipinski definition) is 2. The lowest BCUT2D eigenvalue weighted by atomic mass is 10.2. The molecule has 1 aromatic heterocycles. The van der Waals surface area contributed by atoms with Gasteiger partial charge in [0.2, 0.25) is 10.0 Å². The van der Waals surface area contributed by atoms with Gasteiger partial charge in [0.15, 0.2) is 0 Å². The molecule has 1 unspecified atom stereocenters. The molecule has 0 spiro atoms. The zero-order valence-corrected chi connectivity index (χ0v) is 10.7. The fraction of sp³-hybridized carbons (Fsp3) is 0.700. The molecule has 0 aromatic carbocycles. The normalized spacial score (nSPS) is 21.2. The lowest BCUT2D eigenvalue weighted by molar-refractivity contribution is 0.335. The predicted molar refractivity (Wildman–Crippen MR) is 64.0 cm³/mol. The quantitative estimate of drug-likeness (QED) is 0.789. The monoisotopic (exact) mass is 258 g/mol. The lowest BCUT2D eigenvalue weighted by Gasteiger charge is -2.26. The summed E-state index contributed by atoms with van der Waals surface area (Å²) in [5.41, 5.74) is 0. The van der Waals surface area contributed by atoms with Crippen LogP contribution in [0, 0.1) is 0 Å². The number of nitrogens with zero attached hydrogens (tertiary/aromatic N) is 2. The number of nitrogens with one attached hydrogen (secondary N) is 2. The summed E-state index contributed by atoms with van der Waals surface area (Å²) in [7, 11) is -3.40. The number of aromatic nitrogens is 2. The molecule has 0 amide bonds. The highest BCUT2D eigenvalue weighted by atomic mass is 32.2. The number of H-pyrrole nitrogens is 1. The average Bonchev–Trinajstić information content (AvgIpc) is 2.97. The third kappa shape index (κ3) is 2.51. The van der Waals surface area contributed by atoms with Crippen molar-refractivity contribution < 1.29 is 8.42 Å². The third-order valence-corrected chi connectivity index (χ3v) is 4.88. The van der Waals surface area contributed by atoms with Crippen molar-refractivity contribution in [2.45, 2.75) is 30.7 Å². The van der Waals surface area contributed by atoms with Crippen LogP contribution in [-0.4, -0.2) is 48.6 Å². The van der Waals surface area contributed by atoms with E-state index in [0.29, 0.717) is 6.54 Å². The maximum absolute atomic E-state index is 12.4. The smallest absolute Gasteiger partial charge is 0.246 e. The molecule has 6 nitrogen and oxygen atoms in total. The Morgan fingerprint density at radius 1 is 1.59 bits per heavy atom. The van der Waals surface area contributed by atoms with E-state index in [9.17, 15) is 8.42 Å². The Morgan fingerprint density at radius 3 is 2.94 bits per heavy atom. The highest BCUT2D eigenvalue weighted by Gasteiger charge is 2.32. The van der Waals surface area contributed by atoms with Crippen LogP contribution in [0.2, 0.25) is 0 Å². The summed E-state index contributed by atoms with van der Waals surface area (Å²) >= 11 is 0. The van der Waals surface area contributed by atoms with Gasteiger partial charge in [0, 0.05) is 25.3 Å². The fourth-order valence-electron chi connectivity index (χ4n) is 2.12. The van der Waals surface area contributed by atoms with E-state index >= 15 is 0 Å². The summed E-state index contributed by atoms with van der Waals surface area (Å²) in [6.07, 6.45) is 4.48. The molecule has 2 heterocycles. The molecule has 2 rings (SSSR count). The van der Waals surface area contributed by atoms with Crippen LogP contribution in [0.15, 0.2) is 17.3 Å². The van der Waals surface area contributed by atoms with E-state index in [2.05, 4.69) is 15.5 Å². The minimum atomic E-state index is -3.40. The molecular weight excluding hydrogens is 240 g/mol. The molecule has 96 valence electrons. The largest absolute Gasteiger partial charge is 0.315 e. The highest BCUT2D eigenvalue weighted by molar-refractivity contribution is 7.89. The minimum absolute atomic E-state index is 0.0647. The molecular formula is C10H18N4O2S. The first-order valence-corrected chi connectivity index (χ1v) is 7.31. The molecule has 7 heteroatoms. The molecule has 17 heavy (non-hydrogen) atoms. The first kappa shape index (κ1) is 12.5. The molecule has 0 radical (unpaired) electrons. The Morgan fingerprint density at radius 2 is 2.41 bits per heavy atom. The summed E-state index contributed by atoms with van der Waals surface area (Å²) in [6, 6.07) is 0.0647. The van der Waals surface area contributed by atoms with Gasteiger partial charge >= 0.3 is 0 Å². The second-order valence-corrected chi connectivity index (χ2v) is 6.09. The third-order valence-electron chi connectivity index (χ3n) is 2.97. The summed E-state index contributed by atoms with van der Waals surface area (Å²) in [5.74, 6) is 0. The standard InChI is InChI=1S/C10H18N4O2S/c1-2-5-14(9-3-4-11-6-9)17(15,16)10-7-12-13-8-10/h7-9,11H,2-6H2,1H3,(H,12,13). The first-order valence-electron chi connectivity index (χ1n) is 5.87. The molecule has 0 saturated carbocycles. The number of rotatable bonds is 5. The van der Waals surface area contributed by atoms with Gasteiger partial charge in [0.05, 0.1) is 6.20 Å². The fourth-order valence-corrected chi connectivity index (χ4v) is 3.77. The maximum Gasteiger partial charge on any atom is 0.246 e. The van der Waals surface area contributed by atoms with Crippen LogP contribution in [0.1, 0.15) is 19.8 Å². The Labute approximate surface area is 101 Å². The number of aromatic amines is 1. The van der Waals surface area contributed by atoms with Crippen molar-refractivity contribution in [3.8, 4) is 0 Å². The molecule has 1 saturated heterocycles. The predicted octanol–water partition coefficient (Wildman–Crippen LogP) is 0.172. The van der Waals surface area contributed by atoms with Gasteiger partial charge in [0.25, 0.3) is 0 Å². The van der Waals surface area contributed by atoms with Crippen molar-refractivity contribution in [1.82, 2.24) is 19.8 Å². The van der Waals surface area contributed by atoms with Crippen molar-refractivity contribution in [2.75, 3.05) is 19.6 Å². The van der Waals surface area contributed by atoms with Gasteiger partial charge in [-0.25, -0.2) is 8.42 Å². The lowest BCUT2D eigenvalue weighted by Crippen LogP contribution is -2.41. The van der Waals surface area contributed by atoms with Gasteiger partial charge in [0.1, 0.15) is 4.90 Å². The van der Waals surface area contributed by atoms with Crippen molar-refractivity contribution >= 4 is 10.0 Å².